The summed E-state index contributed by atoms with van der Waals surface area (Å²) in [5.74, 6) is -1.46. The number of nitrogens with one attached hydrogen (secondary N) is 2. The van der Waals surface area contributed by atoms with Crippen molar-refractivity contribution in [2.75, 3.05) is 17.2 Å². The van der Waals surface area contributed by atoms with Crippen LogP contribution >= 0.6 is 0 Å². The number of rotatable bonds is 6. The second-order valence-corrected chi connectivity index (χ2v) is 6.16. The highest BCUT2D eigenvalue weighted by atomic mass is 16.5. The van der Waals surface area contributed by atoms with E-state index in [9.17, 15) is 14.4 Å². The number of hydrogen-bond acceptors (Lipinski definition) is 6. The molecule has 1 amide bonds. The van der Waals surface area contributed by atoms with Crippen LogP contribution in [0, 0.1) is 0 Å². The first-order valence-electron chi connectivity index (χ1n) is 9.03. The Morgan fingerprint density at radius 3 is 2.34 bits per heavy atom. The van der Waals surface area contributed by atoms with Gasteiger partial charge in [-0.05, 0) is 42.8 Å². The minimum absolute atomic E-state index is 0.00115. The lowest BCUT2D eigenvalue weighted by Gasteiger charge is -2.08. The third kappa shape index (κ3) is 4.90. The van der Waals surface area contributed by atoms with Crippen molar-refractivity contribution in [3.05, 3.63) is 77.4 Å². The fourth-order valence-electron chi connectivity index (χ4n) is 2.68. The third-order valence-electron chi connectivity index (χ3n) is 3.93. The Morgan fingerprint density at radius 1 is 1.03 bits per heavy atom. The van der Waals surface area contributed by atoms with E-state index in [0.717, 1.165) is 0 Å². The first-order chi connectivity index (χ1) is 14.0. The molecule has 1 aliphatic heterocycles. The molecule has 148 valence electrons. The van der Waals surface area contributed by atoms with Crippen LogP contribution in [-0.4, -0.2) is 24.3 Å². The molecule has 0 aromatic heterocycles. The number of carbonyl (C=O) groups is 3. The molecule has 0 atom stereocenters. The lowest BCUT2D eigenvalue weighted by Crippen LogP contribution is -2.16. The lowest BCUT2D eigenvalue weighted by molar-refractivity contribution is -0.139. The van der Waals surface area contributed by atoms with Crippen LogP contribution in [0.1, 0.15) is 19.4 Å². The van der Waals surface area contributed by atoms with Gasteiger partial charge in [0, 0.05) is 18.3 Å². The number of amides is 1. The number of ketones is 1. The van der Waals surface area contributed by atoms with E-state index in [1.54, 1.807) is 43.3 Å². The van der Waals surface area contributed by atoms with E-state index < -0.39 is 11.8 Å². The van der Waals surface area contributed by atoms with E-state index in [0.29, 0.717) is 16.9 Å². The molecule has 2 aromatic carbocycles. The number of para-hydroxylation sites is 1. The Kier molecular flexibility index (Phi) is 6.09. The van der Waals surface area contributed by atoms with Crippen molar-refractivity contribution in [3.63, 3.8) is 0 Å². The molecule has 1 heterocycles. The first-order valence-corrected chi connectivity index (χ1v) is 9.03. The molecular weight excluding hydrogens is 372 g/mol. The van der Waals surface area contributed by atoms with Gasteiger partial charge in [-0.3, -0.25) is 9.59 Å². The number of hydrogen-bond donors (Lipinski definition) is 2. The Balaban J connectivity index is 1.87. The normalized spacial score (nSPS) is 14.6. The van der Waals surface area contributed by atoms with Gasteiger partial charge in [0.25, 0.3) is 0 Å². The summed E-state index contributed by atoms with van der Waals surface area (Å²) >= 11 is 0. The smallest absolute Gasteiger partial charge is 0.347 e. The fraction of sp³-hybridized carbons (Fsp3) is 0.136. The number of esters is 1. The number of Topliss-reactive ketones (excluding diaryl/α,β-unsaturated/α-hetero) is 1. The van der Waals surface area contributed by atoms with Crippen molar-refractivity contribution in [2.45, 2.75) is 13.8 Å². The van der Waals surface area contributed by atoms with Gasteiger partial charge in [-0.2, -0.15) is 0 Å². The molecule has 0 spiro atoms. The zero-order valence-corrected chi connectivity index (χ0v) is 16.0. The van der Waals surface area contributed by atoms with Gasteiger partial charge in [-0.25, -0.2) is 4.79 Å². The molecule has 0 unspecified atom stereocenters. The highest BCUT2D eigenvalue weighted by Gasteiger charge is 2.36. The topological polar surface area (TPSA) is 93.7 Å². The van der Waals surface area contributed by atoms with Crippen LogP contribution in [0.2, 0.25) is 0 Å². The highest BCUT2D eigenvalue weighted by molar-refractivity contribution is 6.26. The van der Waals surface area contributed by atoms with Gasteiger partial charge in [0.2, 0.25) is 17.6 Å². The maximum Gasteiger partial charge on any atom is 0.347 e. The van der Waals surface area contributed by atoms with Crippen LogP contribution in [0.15, 0.2) is 71.8 Å². The molecule has 0 radical (unpaired) electrons. The Hall–Kier alpha value is -3.87. The quantitative estimate of drug-likeness (QED) is 0.444. The van der Waals surface area contributed by atoms with E-state index in [1.807, 2.05) is 18.2 Å². The van der Waals surface area contributed by atoms with Crippen molar-refractivity contribution in [3.8, 4) is 0 Å². The van der Waals surface area contributed by atoms with Crippen molar-refractivity contribution < 1.29 is 23.9 Å². The van der Waals surface area contributed by atoms with Crippen molar-refractivity contribution in [1.82, 2.24) is 0 Å². The molecule has 1 aliphatic rings. The molecule has 0 saturated carbocycles. The molecule has 0 saturated heterocycles. The maximum absolute atomic E-state index is 12.8. The molecule has 2 aromatic rings. The zero-order chi connectivity index (χ0) is 20.8. The van der Waals surface area contributed by atoms with Gasteiger partial charge in [0.05, 0.1) is 6.61 Å². The van der Waals surface area contributed by atoms with Crippen LogP contribution < -0.4 is 10.6 Å². The van der Waals surface area contributed by atoms with E-state index in [-0.39, 0.29) is 29.7 Å². The van der Waals surface area contributed by atoms with Crippen LogP contribution in [-0.2, 0) is 23.9 Å². The van der Waals surface area contributed by atoms with Gasteiger partial charge >= 0.3 is 5.97 Å². The molecule has 7 nitrogen and oxygen atoms in total. The van der Waals surface area contributed by atoms with Crippen molar-refractivity contribution in [2.24, 2.45) is 0 Å². The van der Waals surface area contributed by atoms with Crippen LogP contribution in [0.25, 0.3) is 6.08 Å². The summed E-state index contributed by atoms with van der Waals surface area (Å²) in [5, 5.41) is 5.62. The summed E-state index contributed by atoms with van der Waals surface area (Å²) in [6.45, 7) is 3.22. The SMILES string of the molecule is CCOC(=O)C1=C(Nc2ccccc2)O/C(=C\c2ccc(NC(C)=O)cc2)C1=O. The molecule has 0 bridgehead atoms. The van der Waals surface area contributed by atoms with Crippen molar-refractivity contribution in [1.29, 1.82) is 0 Å². The van der Waals surface area contributed by atoms with E-state index in [2.05, 4.69) is 10.6 Å². The van der Waals surface area contributed by atoms with Crippen LogP contribution in [0.5, 0.6) is 0 Å². The number of carbonyl (C=O) groups excluding carboxylic acids is 3. The molecule has 0 fully saturated rings. The Bertz CT molecular complexity index is 992. The summed E-state index contributed by atoms with van der Waals surface area (Å²) in [7, 11) is 0. The Morgan fingerprint density at radius 2 is 1.72 bits per heavy atom. The predicted molar refractivity (Wildman–Crippen MR) is 109 cm³/mol. The van der Waals surface area contributed by atoms with E-state index >= 15 is 0 Å². The van der Waals surface area contributed by atoms with Gasteiger partial charge in [0.15, 0.2) is 11.3 Å². The fourth-order valence-corrected chi connectivity index (χ4v) is 2.68. The molecule has 0 aliphatic carbocycles. The standard InChI is InChI=1S/C22H20N2O5/c1-3-28-22(27)19-20(26)18(29-21(19)24-16-7-5-4-6-8-16)13-15-9-11-17(12-10-15)23-14(2)25/h4-13,24H,3H2,1-2H3,(H,23,25)/b18-13-. The monoisotopic (exact) mass is 392 g/mol. The average molecular weight is 392 g/mol. The predicted octanol–water partition coefficient (Wildman–Crippen LogP) is 3.47. The number of benzene rings is 2. The van der Waals surface area contributed by atoms with E-state index in [4.69, 9.17) is 9.47 Å². The molecule has 29 heavy (non-hydrogen) atoms. The Labute approximate surface area is 168 Å². The number of anilines is 2. The summed E-state index contributed by atoms with van der Waals surface area (Å²) in [6, 6.07) is 15.9. The largest absolute Gasteiger partial charge is 0.462 e. The van der Waals surface area contributed by atoms with Crippen LogP contribution in [0.3, 0.4) is 0 Å². The molecule has 7 heteroatoms. The second kappa shape index (κ2) is 8.88. The minimum atomic E-state index is -0.750. The van der Waals surface area contributed by atoms with Crippen LogP contribution in [0.4, 0.5) is 11.4 Å². The summed E-state index contributed by atoms with van der Waals surface area (Å²) < 4.78 is 10.7. The van der Waals surface area contributed by atoms with Gasteiger partial charge in [0.1, 0.15) is 0 Å². The first kappa shape index (κ1) is 19.9. The minimum Gasteiger partial charge on any atom is -0.462 e. The summed E-state index contributed by atoms with van der Waals surface area (Å²) in [5.41, 5.74) is 1.79. The van der Waals surface area contributed by atoms with Gasteiger partial charge in [-0.15, -0.1) is 0 Å². The highest BCUT2D eigenvalue weighted by Crippen LogP contribution is 2.29. The van der Waals surface area contributed by atoms with Crippen molar-refractivity contribution >= 4 is 35.1 Å². The number of ether oxygens (including phenoxy) is 2. The summed E-state index contributed by atoms with van der Waals surface area (Å²) in [6.07, 6.45) is 1.53. The number of allylic oxidation sites excluding steroid dienone is 1. The van der Waals surface area contributed by atoms with Gasteiger partial charge < -0.3 is 20.1 Å². The van der Waals surface area contributed by atoms with E-state index in [1.165, 1.54) is 13.0 Å². The molecular formula is C22H20N2O5. The summed E-state index contributed by atoms with van der Waals surface area (Å²) in [4.78, 5) is 36.2. The zero-order valence-electron chi connectivity index (χ0n) is 16.0. The molecule has 2 N–H and O–H groups in total. The van der Waals surface area contributed by atoms with Gasteiger partial charge in [-0.1, -0.05) is 30.3 Å². The lowest BCUT2D eigenvalue weighted by atomic mass is 10.1. The third-order valence-corrected chi connectivity index (χ3v) is 3.93. The second-order valence-electron chi connectivity index (χ2n) is 6.16. The average Bonchev–Trinajstić information content (AvgIpc) is 2.99. The molecule has 3 rings (SSSR count). The maximum atomic E-state index is 12.8.